The molecule has 26 heavy (non-hydrogen) atoms. The molecule has 0 aliphatic carbocycles. The highest BCUT2D eigenvalue weighted by molar-refractivity contribution is 5.89. The van der Waals surface area contributed by atoms with Crippen LogP contribution in [-0.2, 0) is 14.3 Å². The summed E-state index contributed by atoms with van der Waals surface area (Å²) in [4.78, 5) is 36.4. The smallest absolute Gasteiger partial charge is 0.344 e. The van der Waals surface area contributed by atoms with E-state index in [0.717, 1.165) is 0 Å². The average molecular weight is 364 g/mol. The number of anilines is 1. The maximum atomic E-state index is 12.4. The van der Waals surface area contributed by atoms with Gasteiger partial charge in [0.1, 0.15) is 5.75 Å². The van der Waals surface area contributed by atoms with Crippen molar-refractivity contribution in [2.24, 2.45) is 11.8 Å². The molecule has 0 aromatic heterocycles. The van der Waals surface area contributed by atoms with E-state index in [-0.39, 0.29) is 25.1 Å². The van der Waals surface area contributed by atoms with Crippen LogP contribution in [0.4, 0.5) is 10.5 Å². The Hall–Kier alpha value is -2.77. The molecule has 8 heteroatoms. The number of aliphatic carboxylic acids is 1. The van der Waals surface area contributed by atoms with E-state index in [4.69, 9.17) is 9.47 Å². The Bertz CT molecular complexity index is 646. The first-order valence-corrected chi connectivity index (χ1v) is 8.56. The van der Waals surface area contributed by atoms with Crippen molar-refractivity contribution in [3.8, 4) is 5.75 Å². The highest BCUT2D eigenvalue weighted by Crippen LogP contribution is 2.23. The summed E-state index contributed by atoms with van der Waals surface area (Å²) in [7, 11) is 0. The van der Waals surface area contributed by atoms with E-state index in [2.05, 4.69) is 5.32 Å². The molecule has 1 saturated heterocycles. The minimum Gasteiger partial charge on any atom is -0.482 e. The summed E-state index contributed by atoms with van der Waals surface area (Å²) in [5.41, 5.74) is 0.559. The Labute approximate surface area is 152 Å². The number of rotatable bonds is 6. The van der Waals surface area contributed by atoms with Gasteiger partial charge < -0.3 is 24.8 Å². The molecule has 2 unspecified atom stereocenters. The molecule has 1 aromatic carbocycles. The monoisotopic (exact) mass is 364 g/mol. The van der Waals surface area contributed by atoms with E-state index in [1.54, 1.807) is 31.2 Å². The van der Waals surface area contributed by atoms with Crippen LogP contribution in [0.1, 0.15) is 20.3 Å². The van der Waals surface area contributed by atoms with Gasteiger partial charge in [-0.2, -0.15) is 0 Å². The minimum atomic E-state index is -0.877. The molecule has 2 amide bonds. The minimum absolute atomic E-state index is 0.134. The van der Waals surface area contributed by atoms with Crippen LogP contribution in [0.2, 0.25) is 0 Å². The van der Waals surface area contributed by atoms with Gasteiger partial charge in [-0.3, -0.25) is 4.79 Å². The van der Waals surface area contributed by atoms with Gasteiger partial charge in [-0.25, -0.2) is 9.59 Å². The standard InChI is InChI=1S/C18H24N2O6/c1-3-25-16(21)11-26-15-6-4-14(5-7-15)19-18(24)20-9-12(2)8-13(10-20)17(22)23/h4-7,12-13H,3,8-11H2,1-2H3,(H,19,24)(H,22,23). The number of carbonyl (C=O) groups excluding carboxylic acids is 2. The van der Waals surface area contributed by atoms with Crippen LogP contribution < -0.4 is 10.1 Å². The Morgan fingerprint density at radius 1 is 1.23 bits per heavy atom. The van der Waals surface area contributed by atoms with Crippen molar-refractivity contribution < 1.29 is 29.0 Å². The van der Waals surface area contributed by atoms with Crippen LogP contribution in [0.25, 0.3) is 0 Å². The second-order valence-corrected chi connectivity index (χ2v) is 6.33. The van der Waals surface area contributed by atoms with E-state index in [1.165, 1.54) is 4.90 Å². The zero-order valence-corrected chi connectivity index (χ0v) is 14.9. The summed E-state index contributed by atoms with van der Waals surface area (Å²) < 4.78 is 10.1. The molecule has 1 aliphatic heterocycles. The molecule has 142 valence electrons. The molecule has 2 N–H and O–H groups in total. The Morgan fingerprint density at radius 2 is 1.92 bits per heavy atom. The lowest BCUT2D eigenvalue weighted by Crippen LogP contribution is -2.47. The lowest BCUT2D eigenvalue weighted by molar-refractivity contribution is -0.145. The fraction of sp³-hybridized carbons (Fsp3) is 0.500. The zero-order valence-electron chi connectivity index (χ0n) is 14.9. The van der Waals surface area contributed by atoms with Crippen molar-refractivity contribution in [1.29, 1.82) is 0 Å². The number of ether oxygens (including phenoxy) is 2. The number of hydrogen-bond acceptors (Lipinski definition) is 5. The molecule has 0 bridgehead atoms. The van der Waals surface area contributed by atoms with Gasteiger partial charge in [0.25, 0.3) is 0 Å². The number of urea groups is 1. The predicted molar refractivity (Wildman–Crippen MR) is 94.1 cm³/mol. The van der Waals surface area contributed by atoms with E-state index >= 15 is 0 Å². The SMILES string of the molecule is CCOC(=O)COc1ccc(NC(=O)N2CC(C)CC(C(=O)O)C2)cc1. The van der Waals surface area contributed by atoms with Gasteiger partial charge in [-0.05, 0) is 43.5 Å². The van der Waals surface area contributed by atoms with Crippen LogP contribution in [0.3, 0.4) is 0 Å². The first kappa shape index (κ1) is 19.6. The highest BCUT2D eigenvalue weighted by Gasteiger charge is 2.31. The van der Waals surface area contributed by atoms with Gasteiger partial charge in [0.2, 0.25) is 0 Å². The number of likely N-dealkylation sites (tertiary alicyclic amines) is 1. The molecule has 2 rings (SSSR count). The number of benzene rings is 1. The molecular weight excluding hydrogens is 340 g/mol. The van der Waals surface area contributed by atoms with Gasteiger partial charge in [-0.1, -0.05) is 6.92 Å². The van der Waals surface area contributed by atoms with Gasteiger partial charge in [-0.15, -0.1) is 0 Å². The highest BCUT2D eigenvalue weighted by atomic mass is 16.6. The Balaban J connectivity index is 1.88. The fourth-order valence-electron chi connectivity index (χ4n) is 2.88. The molecule has 1 heterocycles. The van der Waals surface area contributed by atoms with Crippen molar-refractivity contribution in [1.82, 2.24) is 4.90 Å². The Kier molecular flexibility index (Phi) is 6.82. The zero-order chi connectivity index (χ0) is 19.1. The molecule has 0 saturated carbocycles. The third kappa shape index (κ3) is 5.65. The first-order valence-electron chi connectivity index (χ1n) is 8.56. The summed E-state index contributed by atoms with van der Waals surface area (Å²) >= 11 is 0. The quantitative estimate of drug-likeness (QED) is 0.750. The van der Waals surface area contributed by atoms with Crippen LogP contribution >= 0.6 is 0 Å². The largest absolute Gasteiger partial charge is 0.482 e. The van der Waals surface area contributed by atoms with Crippen LogP contribution in [0.15, 0.2) is 24.3 Å². The van der Waals surface area contributed by atoms with Crippen LogP contribution in [-0.4, -0.2) is 54.3 Å². The summed E-state index contributed by atoms with van der Waals surface area (Å²) in [5.74, 6) is -1.25. The summed E-state index contributed by atoms with van der Waals surface area (Å²) in [6.07, 6.45) is 0.575. The van der Waals surface area contributed by atoms with E-state index < -0.39 is 17.9 Å². The Morgan fingerprint density at radius 3 is 2.54 bits per heavy atom. The lowest BCUT2D eigenvalue weighted by Gasteiger charge is -2.34. The molecule has 8 nitrogen and oxygen atoms in total. The second-order valence-electron chi connectivity index (χ2n) is 6.33. The first-order chi connectivity index (χ1) is 12.4. The number of carbonyl (C=O) groups is 3. The second kappa shape index (κ2) is 9.07. The van der Waals surface area contributed by atoms with Crippen LogP contribution in [0, 0.1) is 11.8 Å². The molecule has 1 aliphatic rings. The normalized spacial score (nSPS) is 19.5. The summed E-state index contributed by atoms with van der Waals surface area (Å²) in [5, 5.41) is 11.9. The van der Waals surface area contributed by atoms with Gasteiger partial charge in [0.15, 0.2) is 6.61 Å². The van der Waals surface area contributed by atoms with Gasteiger partial charge in [0, 0.05) is 18.8 Å². The van der Waals surface area contributed by atoms with Crippen molar-refractivity contribution in [3.63, 3.8) is 0 Å². The average Bonchev–Trinajstić information content (AvgIpc) is 2.60. The summed E-state index contributed by atoms with van der Waals surface area (Å²) in [6.45, 7) is 4.50. The number of piperidine rings is 1. The molecule has 0 spiro atoms. The molecule has 1 aromatic rings. The van der Waals surface area contributed by atoms with Crippen LogP contribution in [0.5, 0.6) is 5.75 Å². The number of amides is 2. The number of esters is 1. The number of nitrogens with zero attached hydrogens (tertiary/aromatic N) is 1. The molecule has 2 atom stereocenters. The van der Waals surface area contributed by atoms with E-state index in [0.29, 0.717) is 31.0 Å². The van der Waals surface area contributed by atoms with Crippen molar-refractivity contribution in [2.75, 3.05) is 31.6 Å². The lowest BCUT2D eigenvalue weighted by atomic mass is 9.91. The third-order valence-electron chi connectivity index (χ3n) is 4.06. The molecular formula is C18H24N2O6. The van der Waals surface area contributed by atoms with Gasteiger partial charge in [0.05, 0.1) is 12.5 Å². The third-order valence-corrected chi connectivity index (χ3v) is 4.06. The maximum absolute atomic E-state index is 12.4. The van der Waals surface area contributed by atoms with Crippen molar-refractivity contribution in [3.05, 3.63) is 24.3 Å². The maximum Gasteiger partial charge on any atom is 0.344 e. The number of hydrogen-bond donors (Lipinski definition) is 2. The number of carboxylic acid groups (broad SMARTS) is 1. The molecule has 1 fully saturated rings. The van der Waals surface area contributed by atoms with E-state index in [1.807, 2.05) is 6.92 Å². The number of nitrogens with one attached hydrogen (secondary N) is 1. The van der Waals surface area contributed by atoms with Crippen molar-refractivity contribution in [2.45, 2.75) is 20.3 Å². The predicted octanol–water partition coefficient (Wildman–Crippen LogP) is 2.20. The fourth-order valence-corrected chi connectivity index (χ4v) is 2.88. The molecule has 0 radical (unpaired) electrons. The topological polar surface area (TPSA) is 105 Å². The summed E-state index contributed by atoms with van der Waals surface area (Å²) in [6, 6.07) is 6.24. The van der Waals surface area contributed by atoms with Gasteiger partial charge >= 0.3 is 18.0 Å². The van der Waals surface area contributed by atoms with E-state index in [9.17, 15) is 19.5 Å². The van der Waals surface area contributed by atoms with Crippen molar-refractivity contribution >= 4 is 23.7 Å². The number of carboxylic acids is 1.